The van der Waals surface area contributed by atoms with Gasteiger partial charge in [0, 0.05) is 26.1 Å². The van der Waals surface area contributed by atoms with Crippen molar-refractivity contribution in [2.24, 2.45) is 0 Å². The van der Waals surface area contributed by atoms with E-state index in [1.807, 2.05) is 23.1 Å². The first-order valence-corrected chi connectivity index (χ1v) is 10.7. The summed E-state index contributed by atoms with van der Waals surface area (Å²) in [6.07, 6.45) is 3.57. The van der Waals surface area contributed by atoms with Crippen LogP contribution in [0.1, 0.15) is 41.2 Å². The number of benzene rings is 2. The van der Waals surface area contributed by atoms with Crippen LogP contribution in [0.15, 0.2) is 59.1 Å². The van der Waals surface area contributed by atoms with Gasteiger partial charge in [-0.25, -0.2) is 0 Å². The maximum absolute atomic E-state index is 13.3. The molecule has 2 aliphatic heterocycles. The van der Waals surface area contributed by atoms with Crippen LogP contribution in [0, 0.1) is 0 Å². The number of hydrogen-bond donors (Lipinski definition) is 0. The Morgan fingerprint density at radius 3 is 2.53 bits per heavy atom. The van der Waals surface area contributed by atoms with Crippen molar-refractivity contribution in [1.29, 1.82) is 0 Å². The third-order valence-electron chi connectivity index (χ3n) is 6.10. The van der Waals surface area contributed by atoms with E-state index in [0.717, 1.165) is 44.5 Å². The minimum Gasteiger partial charge on any atom is -0.341 e. The van der Waals surface area contributed by atoms with Crippen LogP contribution in [-0.2, 0) is 30.7 Å². The Bertz CT molecular complexity index is 1010. The van der Waals surface area contributed by atoms with Gasteiger partial charge in [0.15, 0.2) is 5.82 Å². The molecule has 0 saturated carbocycles. The summed E-state index contributed by atoms with van der Waals surface area (Å²) >= 11 is 0. The lowest BCUT2D eigenvalue weighted by atomic mass is 9.93. The number of fused-ring (bicyclic) bond motifs is 1. The molecule has 0 spiro atoms. The van der Waals surface area contributed by atoms with Crippen molar-refractivity contribution in [2.45, 2.75) is 44.8 Å². The largest absolute Gasteiger partial charge is 0.341 e. The maximum atomic E-state index is 13.3. The highest BCUT2D eigenvalue weighted by Gasteiger charge is 2.35. The highest BCUT2D eigenvalue weighted by atomic mass is 16.5. The molecule has 6 heteroatoms. The van der Waals surface area contributed by atoms with Crippen molar-refractivity contribution in [3.63, 3.8) is 0 Å². The third kappa shape index (κ3) is 4.00. The van der Waals surface area contributed by atoms with Gasteiger partial charge in [-0.1, -0.05) is 59.8 Å². The molecule has 0 aliphatic carbocycles. The van der Waals surface area contributed by atoms with Gasteiger partial charge in [-0.15, -0.1) is 0 Å². The molecule has 0 unspecified atom stereocenters. The molecule has 0 N–H and O–H groups in total. The van der Waals surface area contributed by atoms with Crippen molar-refractivity contribution in [2.75, 3.05) is 13.1 Å². The molecule has 0 bridgehead atoms. The van der Waals surface area contributed by atoms with E-state index < -0.39 is 0 Å². The predicted octanol–water partition coefficient (Wildman–Crippen LogP) is 3.21. The Balaban J connectivity index is 1.35. The molecule has 1 atom stereocenters. The van der Waals surface area contributed by atoms with Gasteiger partial charge in [-0.3, -0.25) is 9.69 Å². The molecule has 30 heavy (non-hydrogen) atoms. The minimum absolute atomic E-state index is 0.178. The lowest BCUT2D eigenvalue weighted by Crippen LogP contribution is -2.50. The van der Waals surface area contributed by atoms with Gasteiger partial charge in [-0.05, 0) is 36.0 Å². The first-order valence-electron chi connectivity index (χ1n) is 10.7. The number of carbonyl (C=O) groups excluding carboxylic acids is 1. The van der Waals surface area contributed by atoms with Crippen molar-refractivity contribution in [3.8, 4) is 0 Å². The smallest absolute Gasteiger partial charge is 0.240 e. The highest BCUT2D eigenvalue weighted by Crippen LogP contribution is 2.27. The predicted molar refractivity (Wildman–Crippen MR) is 113 cm³/mol. The van der Waals surface area contributed by atoms with E-state index in [1.54, 1.807) is 0 Å². The van der Waals surface area contributed by atoms with E-state index in [1.165, 1.54) is 11.1 Å². The quantitative estimate of drug-likeness (QED) is 0.656. The first kappa shape index (κ1) is 19.0. The van der Waals surface area contributed by atoms with Gasteiger partial charge in [0.2, 0.25) is 11.8 Å². The maximum Gasteiger partial charge on any atom is 0.240 e. The van der Waals surface area contributed by atoms with E-state index >= 15 is 0 Å². The Labute approximate surface area is 176 Å². The summed E-state index contributed by atoms with van der Waals surface area (Å²) < 4.78 is 5.55. The van der Waals surface area contributed by atoms with Crippen LogP contribution >= 0.6 is 0 Å². The fourth-order valence-corrected chi connectivity index (χ4v) is 4.51. The topological polar surface area (TPSA) is 62.5 Å². The molecule has 3 aromatic rings. The SMILES string of the molecule is O=C([C@H]1Cc2ccccc2CN1Cc1nc(Cc2ccccc2)no1)N1CCCC1. The van der Waals surface area contributed by atoms with E-state index in [4.69, 9.17) is 4.52 Å². The normalized spacial score (nSPS) is 19.1. The van der Waals surface area contributed by atoms with Gasteiger partial charge in [-0.2, -0.15) is 4.98 Å². The third-order valence-corrected chi connectivity index (χ3v) is 6.10. The van der Waals surface area contributed by atoms with E-state index in [9.17, 15) is 4.79 Å². The zero-order valence-electron chi connectivity index (χ0n) is 17.0. The number of hydrogen-bond acceptors (Lipinski definition) is 5. The number of amides is 1. The van der Waals surface area contributed by atoms with Crippen LogP contribution in [0.4, 0.5) is 0 Å². The van der Waals surface area contributed by atoms with Crippen molar-refractivity contribution >= 4 is 5.91 Å². The zero-order valence-corrected chi connectivity index (χ0v) is 17.0. The second-order valence-corrected chi connectivity index (χ2v) is 8.19. The fraction of sp³-hybridized carbons (Fsp3) is 0.375. The van der Waals surface area contributed by atoms with Gasteiger partial charge >= 0.3 is 0 Å². The number of nitrogens with zero attached hydrogens (tertiary/aromatic N) is 4. The lowest BCUT2D eigenvalue weighted by Gasteiger charge is -2.37. The van der Waals surface area contributed by atoms with E-state index in [-0.39, 0.29) is 11.9 Å². The van der Waals surface area contributed by atoms with Gasteiger partial charge in [0.05, 0.1) is 12.6 Å². The van der Waals surface area contributed by atoms with Crippen LogP contribution in [0.2, 0.25) is 0 Å². The molecule has 1 fully saturated rings. The van der Waals surface area contributed by atoms with Crippen LogP contribution < -0.4 is 0 Å². The molecule has 6 nitrogen and oxygen atoms in total. The minimum atomic E-state index is -0.178. The number of aromatic nitrogens is 2. The van der Waals surface area contributed by atoms with Gasteiger partial charge < -0.3 is 9.42 Å². The van der Waals surface area contributed by atoms with E-state index in [0.29, 0.717) is 24.7 Å². The summed E-state index contributed by atoms with van der Waals surface area (Å²) in [4.78, 5) is 22.1. The van der Waals surface area contributed by atoms with E-state index in [2.05, 4.69) is 51.4 Å². The lowest BCUT2D eigenvalue weighted by molar-refractivity contribution is -0.137. The molecule has 0 radical (unpaired) electrons. The Morgan fingerprint density at radius 1 is 1.00 bits per heavy atom. The fourth-order valence-electron chi connectivity index (χ4n) is 4.51. The van der Waals surface area contributed by atoms with Crippen LogP contribution in [-0.4, -0.2) is 45.0 Å². The molecule has 1 amide bonds. The molecule has 154 valence electrons. The molecular formula is C24H26N4O2. The molecular weight excluding hydrogens is 376 g/mol. The second kappa shape index (κ2) is 8.40. The Morgan fingerprint density at radius 2 is 1.73 bits per heavy atom. The Kier molecular flexibility index (Phi) is 5.32. The van der Waals surface area contributed by atoms with Crippen molar-refractivity contribution in [1.82, 2.24) is 19.9 Å². The summed E-state index contributed by atoms with van der Waals surface area (Å²) in [5.74, 6) is 1.47. The molecule has 2 aliphatic rings. The number of rotatable bonds is 5. The number of carbonyl (C=O) groups is 1. The monoisotopic (exact) mass is 402 g/mol. The highest BCUT2D eigenvalue weighted by molar-refractivity contribution is 5.82. The summed E-state index contributed by atoms with van der Waals surface area (Å²) in [5, 5.41) is 4.16. The zero-order chi connectivity index (χ0) is 20.3. The van der Waals surface area contributed by atoms with Crippen molar-refractivity contribution < 1.29 is 9.32 Å². The molecule has 1 saturated heterocycles. The first-order chi connectivity index (χ1) is 14.8. The summed E-state index contributed by atoms with van der Waals surface area (Å²) in [6, 6.07) is 18.4. The molecule has 5 rings (SSSR count). The average molecular weight is 402 g/mol. The summed E-state index contributed by atoms with van der Waals surface area (Å²) in [6.45, 7) is 2.94. The van der Waals surface area contributed by atoms with Crippen LogP contribution in [0.5, 0.6) is 0 Å². The molecule has 1 aromatic heterocycles. The second-order valence-electron chi connectivity index (χ2n) is 8.19. The Hall–Kier alpha value is -2.99. The average Bonchev–Trinajstić information content (AvgIpc) is 3.46. The van der Waals surface area contributed by atoms with Gasteiger partial charge in [0.1, 0.15) is 0 Å². The van der Waals surface area contributed by atoms with Crippen molar-refractivity contribution in [3.05, 3.63) is 83.0 Å². The van der Waals surface area contributed by atoms with Crippen LogP contribution in [0.25, 0.3) is 0 Å². The number of likely N-dealkylation sites (tertiary alicyclic amines) is 1. The van der Waals surface area contributed by atoms with Gasteiger partial charge in [0.25, 0.3) is 0 Å². The van der Waals surface area contributed by atoms with Crippen LogP contribution in [0.3, 0.4) is 0 Å². The molecule has 3 heterocycles. The standard InChI is InChI=1S/C24H26N4O2/c29-24(27-12-6-7-13-27)21-15-19-10-4-5-11-20(19)16-28(21)17-23-25-22(26-30-23)14-18-8-2-1-3-9-18/h1-5,8-11,21H,6-7,12-17H2/t21-/m1/s1. The molecule has 2 aromatic carbocycles. The summed E-state index contributed by atoms with van der Waals surface area (Å²) in [5.41, 5.74) is 3.69. The summed E-state index contributed by atoms with van der Waals surface area (Å²) in [7, 11) is 0.